The van der Waals surface area contributed by atoms with E-state index < -0.39 is 24.0 Å². The number of carbonyl (C=O) groups excluding carboxylic acids is 2. The monoisotopic (exact) mass is 296 g/mol. The molecule has 1 aromatic rings. The number of imide groups is 1. The average molecular weight is 296 g/mol. The summed E-state index contributed by atoms with van der Waals surface area (Å²) in [6, 6.07) is 3.49. The summed E-state index contributed by atoms with van der Waals surface area (Å²) < 4.78 is 10.2. The number of benzene rings is 1. The van der Waals surface area contributed by atoms with Crippen LogP contribution in [0.2, 0.25) is 0 Å². The summed E-state index contributed by atoms with van der Waals surface area (Å²) in [5, 5.41) is 13.4. The number of methoxy groups -OCH3 is 1. The second-order valence-electron chi connectivity index (χ2n) is 4.00. The van der Waals surface area contributed by atoms with Gasteiger partial charge < -0.3 is 19.9 Å². The Morgan fingerprint density at radius 2 is 1.95 bits per heavy atom. The number of carboxylic acids is 1. The van der Waals surface area contributed by atoms with Crippen LogP contribution in [0.15, 0.2) is 18.2 Å². The standard InChI is InChI=1S/C13H16N2O6/c1-7(11(16)15-13(19)14-2)21-10-5-4-8(20-3)6-9(10)12(17)18/h4-7H,1-3H3,(H,17,18)(H2,14,15,16,19). The molecular formula is C13H16N2O6. The van der Waals surface area contributed by atoms with Gasteiger partial charge in [-0.15, -0.1) is 0 Å². The van der Waals surface area contributed by atoms with Gasteiger partial charge in [-0.25, -0.2) is 9.59 Å². The summed E-state index contributed by atoms with van der Waals surface area (Å²) >= 11 is 0. The molecule has 0 saturated carbocycles. The minimum atomic E-state index is -1.22. The lowest BCUT2D eigenvalue weighted by Gasteiger charge is -2.16. The molecule has 114 valence electrons. The first-order valence-corrected chi connectivity index (χ1v) is 5.99. The van der Waals surface area contributed by atoms with Crippen LogP contribution in [0.5, 0.6) is 11.5 Å². The van der Waals surface area contributed by atoms with Crippen molar-refractivity contribution in [3.63, 3.8) is 0 Å². The molecule has 1 atom stereocenters. The van der Waals surface area contributed by atoms with E-state index in [2.05, 4.69) is 5.32 Å². The summed E-state index contributed by atoms with van der Waals surface area (Å²) in [6.07, 6.45) is -1.05. The zero-order chi connectivity index (χ0) is 16.0. The zero-order valence-corrected chi connectivity index (χ0v) is 11.8. The van der Waals surface area contributed by atoms with Crippen molar-refractivity contribution >= 4 is 17.9 Å². The van der Waals surface area contributed by atoms with Crippen molar-refractivity contribution in [1.82, 2.24) is 10.6 Å². The van der Waals surface area contributed by atoms with Gasteiger partial charge in [-0.2, -0.15) is 0 Å². The Morgan fingerprint density at radius 3 is 2.48 bits per heavy atom. The van der Waals surface area contributed by atoms with Crippen LogP contribution in [0.3, 0.4) is 0 Å². The Balaban J connectivity index is 2.89. The van der Waals surface area contributed by atoms with Gasteiger partial charge in [0.25, 0.3) is 5.91 Å². The van der Waals surface area contributed by atoms with Crippen molar-refractivity contribution in [3.8, 4) is 11.5 Å². The minimum absolute atomic E-state index is 0.00265. The third kappa shape index (κ3) is 4.37. The zero-order valence-electron chi connectivity index (χ0n) is 11.8. The Labute approximate surface area is 121 Å². The van der Waals surface area contributed by atoms with E-state index >= 15 is 0 Å². The molecule has 1 unspecified atom stereocenters. The normalized spacial score (nSPS) is 11.2. The van der Waals surface area contributed by atoms with Crippen LogP contribution >= 0.6 is 0 Å². The van der Waals surface area contributed by atoms with Crippen molar-refractivity contribution in [2.75, 3.05) is 14.2 Å². The number of urea groups is 1. The molecule has 8 nitrogen and oxygen atoms in total. The first-order chi connectivity index (χ1) is 9.88. The number of hydrogen-bond acceptors (Lipinski definition) is 5. The molecule has 3 amide bonds. The molecule has 0 aliphatic heterocycles. The smallest absolute Gasteiger partial charge is 0.339 e. The number of hydrogen-bond donors (Lipinski definition) is 3. The predicted molar refractivity (Wildman–Crippen MR) is 72.6 cm³/mol. The van der Waals surface area contributed by atoms with E-state index in [-0.39, 0.29) is 11.3 Å². The molecule has 1 rings (SSSR count). The lowest BCUT2D eigenvalue weighted by atomic mass is 10.2. The number of carboxylic acid groups (broad SMARTS) is 1. The van der Waals surface area contributed by atoms with E-state index in [1.165, 1.54) is 39.3 Å². The highest BCUT2D eigenvalue weighted by molar-refractivity contribution is 5.96. The summed E-state index contributed by atoms with van der Waals surface area (Å²) in [7, 11) is 2.76. The molecule has 3 N–H and O–H groups in total. The van der Waals surface area contributed by atoms with Crippen molar-refractivity contribution in [2.45, 2.75) is 13.0 Å². The Kier molecular flexibility index (Phi) is 5.53. The first-order valence-electron chi connectivity index (χ1n) is 5.99. The third-order valence-corrected chi connectivity index (χ3v) is 2.55. The first kappa shape index (κ1) is 16.3. The van der Waals surface area contributed by atoms with E-state index in [1.54, 1.807) is 0 Å². The van der Waals surface area contributed by atoms with Gasteiger partial charge in [0.1, 0.15) is 17.1 Å². The molecule has 21 heavy (non-hydrogen) atoms. The molecule has 8 heteroatoms. The van der Waals surface area contributed by atoms with Crippen LogP contribution in [0.4, 0.5) is 4.79 Å². The lowest BCUT2D eigenvalue weighted by molar-refractivity contribution is -0.126. The summed E-state index contributed by atoms with van der Waals surface area (Å²) in [5.74, 6) is -1.56. The van der Waals surface area contributed by atoms with Crippen molar-refractivity contribution < 1.29 is 29.0 Å². The second kappa shape index (κ2) is 7.13. The molecule has 0 bridgehead atoms. The summed E-state index contributed by atoms with van der Waals surface area (Å²) in [6.45, 7) is 1.40. The van der Waals surface area contributed by atoms with Gasteiger partial charge in [0.15, 0.2) is 6.10 Å². The summed E-state index contributed by atoms with van der Waals surface area (Å²) in [5.41, 5.74) is -0.144. The molecule has 0 aliphatic rings. The quantitative estimate of drug-likeness (QED) is 0.733. The largest absolute Gasteiger partial charge is 0.497 e. The predicted octanol–water partition coefficient (Wildman–Crippen LogP) is 0.616. The molecule has 0 aromatic heterocycles. The van der Waals surface area contributed by atoms with Crippen LogP contribution in [0, 0.1) is 0 Å². The average Bonchev–Trinajstić information content (AvgIpc) is 2.46. The Bertz CT molecular complexity index is 558. The van der Waals surface area contributed by atoms with Crippen molar-refractivity contribution in [1.29, 1.82) is 0 Å². The maximum Gasteiger partial charge on any atom is 0.339 e. The molecule has 0 spiro atoms. The molecular weight excluding hydrogens is 280 g/mol. The van der Waals surface area contributed by atoms with Crippen LogP contribution in [0.1, 0.15) is 17.3 Å². The number of amides is 3. The molecule has 1 aromatic carbocycles. The summed E-state index contributed by atoms with van der Waals surface area (Å²) in [4.78, 5) is 33.8. The van der Waals surface area contributed by atoms with Crippen molar-refractivity contribution in [3.05, 3.63) is 23.8 Å². The van der Waals surface area contributed by atoms with E-state index in [0.29, 0.717) is 5.75 Å². The van der Waals surface area contributed by atoms with Crippen LogP contribution < -0.4 is 20.1 Å². The van der Waals surface area contributed by atoms with Gasteiger partial charge in [-0.1, -0.05) is 0 Å². The highest BCUT2D eigenvalue weighted by Gasteiger charge is 2.20. The van der Waals surface area contributed by atoms with Crippen LogP contribution in [-0.4, -0.2) is 43.3 Å². The number of carbonyl (C=O) groups is 3. The number of nitrogens with one attached hydrogen (secondary N) is 2. The molecule has 0 saturated heterocycles. The highest BCUT2D eigenvalue weighted by Crippen LogP contribution is 2.25. The Morgan fingerprint density at radius 1 is 1.29 bits per heavy atom. The van der Waals surface area contributed by atoms with Crippen molar-refractivity contribution in [2.24, 2.45) is 0 Å². The molecule has 0 radical (unpaired) electrons. The fraction of sp³-hybridized carbons (Fsp3) is 0.308. The van der Waals surface area contributed by atoms with E-state index in [9.17, 15) is 14.4 Å². The van der Waals surface area contributed by atoms with Crippen LogP contribution in [-0.2, 0) is 4.79 Å². The molecule has 0 fully saturated rings. The van der Waals surface area contributed by atoms with Crippen LogP contribution in [0.25, 0.3) is 0 Å². The van der Waals surface area contributed by atoms with E-state index in [4.69, 9.17) is 14.6 Å². The number of ether oxygens (including phenoxy) is 2. The van der Waals surface area contributed by atoms with E-state index in [0.717, 1.165) is 0 Å². The SMILES string of the molecule is CNC(=O)NC(=O)C(C)Oc1ccc(OC)cc1C(=O)O. The number of rotatable bonds is 5. The fourth-order valence-electron chi connectivity index (χ4n) is 1.43. The third-order valence-electron chi connectivity index (χ3n) is 2.55. The number of aromatic carboxylic acids is 1. The maximum absolute atomic E-state index is 11.7. The second-order valence-corrected chi connectivity index (χ2v) is 4.00. The van der Waals surface area contributed by atoms with Gasteiger partial charge in [0.05, 0.1) is 7.11 Å². The van der Waals surface area contributed by atoms with Gasteiger partial charge in [-0.05, 0) is 25.1 Å². The van der Waals surface area contributed by atoms with Gasteiger partial charge >= 0.3 is 12.0 Å². The lowest BCUT2D eigenvalue weighted by Crippen LogP contribution is -2.44. The van der Waals surface area contributed by atoms with Gasteiger partial charge in [0.2, 0.25) is 0 Å². The minimum Gasteiger partial charge on any atom is -0.497 e. The Hall–Kier alpha value is -2.77. The van der Waals surface area contributed by atoms with Gasteiger partial charge in [0, 0.05) is 7.05 Å². The van der Waals surface area contributed by atoms with Gasteiger partial charge in [-0.3, -0.25) is 10.1 Å². The molecule has 0 heterocycles. The topological polar surface area (TPSA) is 114 Å². The molecule has 0 aliphatic carbocycles. The fourth-order valence-corrected chi connectivity index (χ4v) is 1.43. The van der Waals surface area contributed by atoms with E-state index in [1.807, 2.05) is 5.32 Å². The maximum atomic E-state index is 11.7. The highest BCUT2D eigenvalue weighted by atomic mass is 16.5.